The van der Waals surface area contributed by atoms with Gasteiger partial charge in [0.25, 0.3) is 5.91 Å². The van der Waals surface area contributed by atoms with E-state index in [4.69, 9.17) is 9.47 Å². The first-order valence-electron chi connectivity index (χ1n) is 9.66. The molecule has 13 nitrogen and oxygen atoms in total. The number of carbonyl (C=O) groups excluding carboxylic acids is 2. The molecule has 3 atom stereocenters. The zero-order chi connectivity index (χ0) is 23.9. The Morgan fingerprint density at radius 2 is 1.97 bits per heavy atom. The van der Waals surface area contributed by atoms with Crippen molar-refractivity contribution >= 4 is 33.4 Å². The molecule has 4 rings (SSSR count). The number of carbonyl (C=O) groups is 3. The van der Waals surface area contributed by atoms with Crippen molar-refractivity contribution in [2.24, 2.45) is 0 Å². The largest absolute Gasteiger partial charge is 0.479 e. The summed E-state index contributed by atoms with van der Waals surface area (Å²) >= 11 is 0. The summed E-state index contributed by atoms with van der Waals surface area (Å²) in [4.78, 5) is 37.7. The molecule has 1 aromatic carbocycles. The molecular formula is C19H19N5O8S. The average molecular weight is 477 g/mol. The molecule has 0 aliphatic carbocycles. The molecule has 1 N–H and O–H groups in total. The number of fused-ring (bicyclic) bond motifs is 1. The van der Waals surface area contributed by atoms with Crippen LogP contribution in [0.5, 0.6) is 0 Å². The molecule has 1 aromatic heterocycles. The number of methoxy groups -OCH3 is 1. The van der Waals surface area contributed by atoms with Crippen molar-refractivity contribution in [1.82, 2.24) is 25.1 Å². The molecule has 1 unspecified atom stereocenters. The van der Waals surface area contributed by atoms with Gasteiger partial charge < -0.3 is 14.6 Å². The van der Waals surface area contributed by atoms with Crippen LogP contribution >= 0.6 is 0 Å². The molecule has 0 radical (unpaired) electrons. The quantitative estimate of drug-likeness (QED) is 0.392. The number of hydrogen-bond donors (Lipinski definition) is 1. The highest BCUT2D eigenvalue weighted by Crippen LogP contribution is 2.41. The maximum atomic E-state index is 12.8. The average Bonchev–Trinajstić information content (AvgIpc) is 3.22. The number of esters is 1. The minimum atomic E-state index is -3.87. The standard InChI is InChI=1S/C19H19N5O8S/c1-10(25)32-8-12-9-33(29,30)18-15(31-2)17(26)23(18)13(12)16-20-22-24(21-16)14(19(27)28)11-6-4-3-5-7-11/h3-7,14-15,18H,8-9H2,1-2H3,(H,27,28)/t14?,15-,18-/m0/s1. The molecule has 174 valence electrons. The van der Waals surface area contributed by atoms with Gasteiger partial charge in [-0.25, -0.2) is 13.2 Å². The van der Waals surface area contributed by atoms with E-state index in [1.807, 2.05) is 0 Å². The number of carboxylic acids is 1. The summed E-state index contributed by atoms with van der Waals surface area (Å²) in [7, 11) is -2.65. The molecule has 0 bridgehead atoms. The lowest BCUT2D eigenvalue weighted by atomic mass is 10.0. The normalized spacial score (nSPS) is 22.4. The zero-order valence-corrected chi connectivity index (χ0v) is 18.3. The number of tetrazole rings is 1. The molecule has 2 aliphatic heterocycles. The van der Waals surface area contributed by atoms with Crippen LogP contribution in [0, 0.1) is 0 Å². The molecule has 33 heavy (non-hydrogen) atoms. The van der Waals surface area contributed by atoms with Gasteiger partial charge in [0, 0.05) is 19.6 Å². The van der Waals surface area contributed by atoms with Gasteiger partial charge >= 0.3 is 11.9 Å². The lowest BCUT2D eigenvalue weighted by Gasteiger charge is -2.48. The number of β-lactam (4-membered cyclic amide) rings is 1. The van der Waals surface area contributed by atoms with Crippen molar-refractivity contribution in [3.05, 3.63) is 47.3 Å². The fourth-order valence-corrected chi connectivity index (χ4v) is 5.82. The molecule has 1 fully saturated rings. The van der Waals surface area contributed by atoms with Crippen LogP contribution in [0.1, 0.15) is 24.4 Å². The van der Waals surface area contributed by atoms with Crippen LogP contribution in [0.25, 0.3) is 5.70 Å². The van der Waals surface area contributed by atoms with E-state index in [1.165, 1.54) is 7.11 Å². The van der Waals surface area contributed by atoms with Crippen LogP contribution in [0.4, 0.5) is 0 Å². The van der Waals surface area contributed by atoms with Crippen LogP contribution in [0.15, 0.2) is 35.9 Å². The second-order valence-corrected chi connectivity index (χ2v) is 9.48. The molecule has 2 aromatic rings. The van der Waals surface area contributed by atoms with E-state index in [0.717, 1.165) is 16.6 Å². The first-order chi connectivity index (χ1) is 15.7. The molecule has 0 spiro atoms. The lowest BCUT2D eigenvalue weighted by Crippen LogP contribution is -2.69. The number of aliphatic carboxylic acids is 1. The van der Waals surface area contributed by atoms with Gasteiger partial charge in [0.1, 0.15) is 6.61 Å². The number of ether oxygens (including phenoxy) is 2. The Hall–Kier alpha value is -3.65. The summed E-state index contributed by atoms with van der Waals surface area (Å²) in [6.07, 6.45) is -1.20. The first kappa shape index (κ1) is 22.5. The monoisotopic (exact) mass is 477 g/mol. The molecule has 3 heterocycles. The summed E-state index contributed by atoms with van der Waals surface area (Å²) in [6, 6.07) is 6.88. The van der Waals surface area contributed by atoms with Crippen LogP contribution in [0.2, 0.25) is 0 Å². The number of aromatic nitrogens is 4. The van der Waals surface area contributed by atoms with Gasteiger partial charge in [-0.1, -0.05) is 30.3 Å². The van der Waals surface area contributed by atoms with Crippen molar-refractivity contribution in [3.8, 4) is 0 Å². The molecular weight excluding hydrogens is 458 g/mol. The highest BCUT2D eigenvalue weighted by molar-refractivity contribution is 7.92. The summed E-state index contributed by atoms with van der Waals surface area (Å²) in [5, 5.41) is 20.3. The summed E-state index contributed by atoms with van der Waals surface area (Å²) in [5.41, 5.74) is 0.444. The second kappa shape index (κ2) is 8.37. The summed E-state index contributed by atoms with van der Waals surface area (Å²) in [5.74, 6) is -3.25. The minimum absolute atomic E-state index is 0.00201. The topological polar surface area (TPSA) is 171 Å². The van der Waals surface area contributed by atoms with Crippen LogP contribution in [-0.4, -0.2) is 87.4 Å². The highest BCUT2D eigenvalue weighted by Gasteiger charge is 2.60. The fraction of sp³-hybridized carbons (Fsp3) is 0.368. The fourth-order valence-electron chi connectivity index (χ4n) is 3.81. The third kappa shape index (κ3) is 3.87. The van der Waals surface area contributed by atoms with Crippen molar-refractivity contribution in [1.29, 1.82) is 0 Å². The van der Waals surface area contributed by atoms with Gasteiger partial charge in [0.15, 0.2) is 27.4 Å². The first-order valence-corrected chi connectivity index (χ1v) is 11.4. The van der Waals surface area contributed by atoms with Gasteiger partial charge in [-0.3, -0.25) is 14.5 Å². The van der Waals surface area contributed by atoms with Gasteiger partial charge in [-0.05, 0) is 10.8 Å². The van der Waals surface area contributed by atoms with E-state index in [-0.39, 0.29) is 17.1 Å². The Balaban J connectivity index is 1.81. The van der Waals surface area contributed by atoms with Crippen molar-refractivity contribution in [2.45, 2.75) is 24.4 Å². The third-order valence-corrected chi connectivity index (χ3v) is 7.18. The SMILES string of the molecule is CO[C@H]1C(=O)N2C(c3nnn(C(C(=O)O)c4ccccc4)n3)=C(COC(C)=O)CS(=O)(=O)[C@@H]12. The summed E-state index contributed by atoms with van der Waals surface area (Å²) in [6.45, 7) is 0.732. The van der Waals surface area contributed by atoms with Crippen molar-refractivity contribution in [3.63, 3.8) is 0 Å². The van der Waals surface area contributed by atoms with E-state index < -0.39 is 57.6 Å². The number of amides is 1. The lowest BCUT2D eigenvalue weighted by molar-refractivity contribution is -0.156. The van der Waals surface area contributed by atoms with E-state index in [9.17, 15) is 27.9 Å². The minimum Gasteiger partial charge on any atom is -0.479 e. The Morgan fingerprint density at radius 3 is 2.58 bits per heavy atom. The summed E-state index contributed by atoms with van der Waals surface area (Å²) < 4.78 is 35.6. The van der Waals surface area contributed by atoms with Crippen molar-refractivity contribution < 1.29 is 37.4 Å². The predicted octanol–water partition coefficient (Wildman–Crippen LogP) is -0.767. The number of carboxylic acid groups (broad SMARTS) is 1. The molecule has 1 saturated heterocycles. The van der Waals surface area contributed by atoms with Gasteiger partial charge in [-0.15, -0.1) is 15.0 Å². The molecule has 0 saturated carbocycles. The smallest absolute Gasteiger partial charge is 0.335 e. The Bertz CT molecular complexity index is 1260. The highest BCUT2D eigenvalue weighted by atomic mass is 32.2. The number of benzene rings is 1. The van der Waals surface area contributed by atoms with Crippen molar-refractivity contribution in [2.75, 3.05) is 19.5 Å². The number of sulfone groups is 1. The van der Waals surface area contributed by atoms with E-state index in [2.05, 4.69) is 15.4 Å². The third-order valence-electron chi connectivity index (χ3n) is 5.24. The second-order valence-electron chi connectivity index (χ2n) is 7.38. The Morgan fingerprint density at radius 1 is 1.27 bits per heavy atom. The van der Waals surface area contributed by atoms with Crippen LogP contribution in [-0.2, 0) is 33.7 Å². The van der Waals surface area contributed by atoms with Crippen LogP contribution < -0.4 is 0 Å². The van der Waals surface area contributed by atoms with Gasteiger partial charge in [0.2, 0.25) is 5.82 Å². The van der Waals surface area contributed by atoms with E-state index >= 15 is 0 Å². The number of rotatable bonds is 7. The van der Waals surface area contributed by atoms with E-state index in [0.29, 0.717) is 5.56 Å². The van der Waals surface area contributed by atoms with E-state index in [1.54, 1.807) is 30.3 Å². The zero-order valence-electron chi connectivity index (χ0n) is 17.5. The maximum absolute atomic E-state index is 12.8. The Kier molecular flexibility index (Phi) is 5.71. The maximum Gasteiger partial charge on any atom is 0.335 e. The van der Waals surface area contributed by atoms with Gasteiger partial charge in [0.05, 0.1) is 11.4 Å². The van der Waals surface area contributed by atoms with Gasteiger partial charge in [-0.2, -0.15) is 0 Å². The van der Waals surface area contributed by atoms with Crippen LogP contribution in [0.3, 0.4) is 0 Å². The number of hydrogen-bond acceptors (Lipinski definition) is 10. The Labute approximate surface area is 187 Å². The predicted molar refractivity (Wildman–Crippen MR) is 109 cm³/mol. The molecule has 14 heteroatoms. The molecule has 2 aliphatic rings. The molecule has 1 amide bonds. The number of nitrogens with zero attached hydrogens (tertiary/aromatic N) is 5.